The van der Waals surface area contributed by atoms with Crippen LogP contribution in [-0.2, 0) is 11.3 Å². The molecule has 0 aromatic heterocycles. The second-order valence-corrected chi connectivity index (χ2v) is 5.97. The molecule has 1 aromatic rings. The predicted molar refractivity (Wildman–Crippen MR) is 76.3 cm³/mol. The number of hydrogen-bond donors (Lipinski definition) is 3. The van der Waals surface area contributed by atoms with E-state index in [0.717, 1.165) is 17.3 Å². The first kappa shape index (κ1) is 15.0. The van der Waals surface area contributed by atoms with Crippen LogP contribution in [0.25, 0.3) is 0 Å². The Bertz CT molecular complexity index is 532. The molecule has 0 fully saturated rings. The molecule has 0 spiro atoms. The molecule has 0 aliphatic carbocycles. The van der Waals surface area contributed by atoms with Gasteiger partial charge < -0.3 is 15.5 Å². The summed E-state index contributed by atoms with van der Waals surface area (Å²) >= 11 is 1.12. The number of nitrogens with one attached hydrogen (secondary N) is 1. The zero-order valence-corrected chi connectivity index (χ0v) is 11.9. The summed E-state index contributed by atoms with van der Waals surface area (Å²) in [4.78, 5) is 22.4. The molecule has 2 rings (SSSR count). The van der Waals surface area contributed by atoms with E-state index >= 15 is 0 Å². The highest BCUT2D eigenvalue weighted by molar-refractivity contribution is 8.13. The van der Waals surface area contributed by atoms with E-state index in [1.54, 1.807) is 18.2 Å². The molecule has 0 saturated heterocycles. The number of aliphatic hydroxyl groups is 2. The van der Waals surface area contributed by atoms with Crippen LogP contribution < -0.4 is 5.32 Å². The van der Waals surface area contributed by atoms with E-state index < -0.39 is 12.2 Å². The summed E-state index contributed by atoms with van der Waals surface area (Å²) in [6.45, 7) is 1.84. The van der Waals surface area contributed by atoms with Crippen LogP contribution in [0.2, 0.25) is 0 Å². The van der Waals surface area contributed by atoms with Gasteiger partial charge in [-0.15, -0.1) is 0 Å². The molecule has 1 aliphatic rings. The van der Waals surface area contributed by atoms with Crippen molar-refractivity contribution >= 4 is 22.8 Å². The zero-order valence-electron chi connectivity index (χ0n) is 11.1. The fourth-order valence-corrected chi connectivity index (χ4v) is 2.89. The lowest BCUT2D eigenvalue weighted by Crippen LogP contribution is -2.20. The summed E-state index contributed by atoms with van der Waals surface area (Å²) in [5.41, 5.74) is 1.86. The standard InChI is InChI=1S/C14H17NO4S/c1-8(16)20-6-5-12(17)13(18)9-3-2-4-10-11(9)7-15-14(10)19/h2-4,12-13,17-18H,5-7H2,1H3,(H,15,19). The van der Waals surface area contributed by atoms with Gasteiger partial charge in [0.25, 0.3) is 5.91 Å². The highest BCUT2D eigenvalue weighted by Gasteiger charge is 2.27. The van der Waals surface area contributed by atoms with Crippen LogP contribution in [0.15, 0.2) is 18.2 Å². The van der Waals surface area contributed by atoms with E-state index in [2.05, 4.69) is 5.32 Å². The van der Waals surface area contributed by atoms with Crippen LogP contribution in [0.3, 0.4) is 0 Å². The molecule has 0 radical (unpaired) electrons. The third-order valence-corrected chi connectivity index (χ3v) is 4.13. The van der Waals surface area contributed by atoms with Gasteiger partial charge >= 0.3 is 0 Å². The summed E-state index contributed by atoms with van der Waals surface area (Å²) < 4.78 is 0. The topological polar surface area (TPSA) is 86.6 Å². The van der Waals surface area contributed by atoms with Crippen molar-refractivity contribution in [2.75, 3.05) is 5.75 Å². The average Bonchev–Trinajstić information content (AvgIpc) is 2.79. The van der Waals surface area contributed by atoms with E-state index in [-0.39, 0.29) is 11.0 Å². The summed E-state index contributed by atoms with van der Waals surface area (Å²) in [6, 6.07) is 5.11. The fraction of sp³-hybridized carbons (Fsp3) is 0.429. The lowest BCUT2D eigenvalue weighted by atomic mass is 9.95. The predicted octanol–water partition coefficient (Wildman–Crippen LogP) is 0.994. The van der Waals surface area contributed by atoms with E-state index in [4.69, 9.17) is 0 Å². The highest BCUT2D eigenvalue weighted by Crippen LogP contribution is 2.28. The van der Waals surface area contributed by atoms with Crippen LogP contribution in [0.4, 0.5) is 0 Å². The number of amides is 1. The van der Waals surface area contributed by atoms with Gasteiger partial charge in [-0.3, -0.25) is 9.59 Å². The van der Waals surface area contributed by atoms with Crippen LogP contribution in [0.1, 0.15) is 40.9 Å². The molecule has 1 aromatic carbocycles. The quantitative estimate of drug-likeness (QED) is 0.754. The van der Waals surface area contributed by atoms with Gasteiger partial charge in [0.05, 0.1) is 6.10 Å². The van der Waals surface area contributed by atoms with Crippen molar-refractivity contribution < 1.29 is 19.8 Å². The molecule has 20 heavy (non-hydrogen) atoms. The van der Waals surface area contributed by atoms with Gasteiger partial charge in [-0.1, -0.05) is 23.9 Å². The number of hydrogen-bond acceptors (Lipinski definition) is 5. The average molecular weight is 295 g/mol. The van der Waals surface area contributed by atoms with Crippen molar-refractivity contribution in [3.8, 4) is 0 Å². The monoisotopic (exact) mass is 295 g/mol. The van der Waals surface area contributed by atoms with Gasteiger partial charge in [0, 0.05) is 24.8 Å². The fourth-order valence-electron chi connectivity index (χ4n) is 2.24. The maximum Gasteiger partial charge on any atom is 0.251 e. The normalized spacial score (nSPS) is 16.4. The summed E-state index contributed by atoms with van der Waals surface area (Å²) in [7, 11) is 0. The summed E-state index contributed by atoms with van der Waals surface area (Å²) in [6.07, 6.45) is -1.69. The van der Waals surface area contributed by atoms with Gasteiger partial charge in [0.15, 0.2) is 5.12 Å². The Labute approximate surface area is 121 Å². The molecule has 2 atom stereocenters. The minimum absolute atomic E-state index is 0.0120. The third-order valence-electron chi connectivity index (χ3n) is 3.28. The minimum Gasteiger partial charge on any atom is -0.390 e. The van der Waals surface area contributed by atoms with Crippen molar-refractivity contribution in [1.82, 2.24) is 5.32 Å². The SMILES string of the molecule is CC(=O)SCCC(O)C(O)c1cccc2c1CNC2=O. The number of rotatable bonds is 5. The van der Waals surface area contributed by atoms with E-state index in [9.17, 15) is 19.8 Å². The first-order valence-electron chi connectivity index (χ1n) is 6.40. The largest absolute Gasteiger partial charge is 0.390 e. The number of fused-ring (bicyclic) bond motifs is 1. The summed E-state index contributed by atoms with van der Waals surface area (Å²) in [5, 5.41) is 22.9. The molecule has 6 heteroatoms. The molecule has 108 valence electrons. The molecule has 5 nitrogen and oxygen atoms in total. The number of thioether (sulfide) groups is 1. The van der Waals surface area contributed by atoms with Crippen LogP contribution in [-0.4, -0.2) is 33.1 Å². The highest BCUT2D eigenvalue weighted by atomic mass is 32.2. The Morgan fingerprint density at radius 2 is 2.20 bits per heavy atom. The lowest BCUT2D eigenvalue weighted by Gasteiger charge is -2.20. The molecule has 1 amide bonds. The number of aliphatic hydroxyl groups excluding tert-OH is 2. The van der Waals surface area contributed by atoms with Crippen LogP contribution in [0.5, 0.6) is 0 Å². The van der Waals surface area contributed by atoms with Crippen molar-refractivity contribution in [2.24, 2.45) is 0 Å². The van der Waals surface area contributed by atoms with Gasteiger partial charge in [-0.25, -0.2) is 0 Å². The first-order chi connectivity index (χ1) is 9.50. The third kappa shape index (κ3) is 3.20. The lowest BCUT2D eigenvalue weighted by molar-refractivity contribution is -0.109. The van der Waals surface area contributed by atoms with E-state index in [1.165, 1.54) is 6.92 Å². The first-order valence-corrected chi connectivity index (χ1v) is 7.38. The van der Waals surface area contributed by atoms with Gasteiger partial charge in [-0.2, -0.15) is 0 Å². The molecular weight excluding hydrogens is 278 g/mol. The maximum absolute atomic E-state index is 11.6. The molecule has 0 saturated carbocycles. The van der Waals surface area contributed by atoms with E-state index in [0.29, 0.717) is 29.8 Å². The minimum atomic E-state index is -1.05. The van der Waals surface area contributed by atoms with Crippen LogP contribution >= 0.6 is 11.8 Å². The Morgan fingerprint density at radius 3 is 2.90 bits per heavy atom. The Morgan fingerprint density at radius 1 is 1.45 bits per heavy atom. The van der Waals surface area contributed by atoms with Crippen LogP contribution in [0, 0.1) is 0 Å². The van der Waals surface area contributed by atoms with E-state index in [1.807, 2.05) is 0 Å². The Hall–Kier alpha value is -1.37. The summed E-state index contributed by atoms with van der Waals surface area (Å²) in [5.74, 6) is 0.301. The Balaban J connectivity index is 2.08. The number of benzene rings is 1. The molecule has 1 aliphatic heterocycles. The molecule has 0 bridgehead atoms. The smallest absolute Gasteiger partial charge is 0.251 e. The molecular formula is C14H17NO4S. The number of carbonyl (C=O) groups is 2. The van der Waals surface area contributed by atoms with Gasteiger partial charge in [0.1, 0.15) is 6.10 Å². The second-order valence-electron chi connectivity index (χ2n) is 4.70. The number of carbonyl (C=O) groups excluding carboxylic acids is 2. The maximum atomic E-state index is 11.6. The molecule has 3 N–H and O–H groups in total. The van der Waals surface area contributed by atoms with Crippen molar-refractivity contribution in [3.05, 3.63) is 34.9 Å². The van der Waals surface area contributed by atoms with Gasteiger partial charge in [0.2, 0.25) is 0 Å². The molecule has 1 heterocycles. The van der Waals surface area contributed by atoms with Crippen molar-refractivity contribution in [2.45, 2.75) is 32.1 Å². The van der Waals surface area contributed by atoms with Crippen molar-refractivity contribution in [1.29, 1.82) is 0 Å². The zero-order chi connectivity index (χ0) is 14.7. The molecule has 2 unspecified atom stereocenters. The second kappa shape index (κ2) is 6.39. The van der Waals surface area contributed by atoms with Gasteiger partial charge in [-0.05, 0) is 23.6 Å². The van der Waals surface area contributed by atoms with Crippen molar-refractivity contribution in [3.63, 3.8) is 0 Å². The Kier molecular flexibility index (Phi) is 4.80.